The molecule has 0 spiro atoms. The van der Waals surface area contributed by atoms with Gasteiger partial charge in [-0.25, -0.2) is 0 Å². The Bertz CT molecular complexity index is 565. The zero-order valence-corrected chi connectivity index (χ0v) is 11.9. The first-order valence-electron chi connectivity index (χ1n) is 7.28. The van der Waals surface area contributed by atoms with Crippen LogP contribution in [-0.4, -0.2) is 13.2 Å². The van der Waals surface area contributed by atoms with E-state index in [9.17, 15) is 0 Å². The van der Waals surface area contributed by atoms with Gasteiger partial charge in [0.25, 0.3) is 0 Å². The molecule has 0 unspecified atom stereocenters. The lowest BCUT2D eigenvalue weighted by atomic mass is 9.88. The minimum atomic E-state index is 0.580. The minimum absolute atomic E-state index is 0.580. The Balaban J connectivity index is 1.61. The van der Waals surface area contributed by atoms with Crippen molar-refractivity contribution in [3.8, 4) is 5.75 Å². The van der Waals surface area contributed by atoms with Gasteiger partial charge in [0.1, 0.15) is 5.75 Å². The molecule has 0 amide bonds. The third-order valence-electron chi connectivity index (χ3n) is 4.08. The molecule has 0 radical (unpaired) electrons. The van der Waals surface area contributed by atoms with E-state index in [0.717, 1.165) is 25.1 Å². The smallest absolute Gasteiger partial charge is 0.119 e. The zero-order chi connectivity index (χ0) is 13.8. The van der Waals surface area contributed by atoms with Gasteiger partial charge in [0.15, 0.2) is 0 Å². The molecule has 0 aliphatic heterocycles. The van der Waals surface area contributed by atoms with Crippen LogP contribution in [0.2, 0.25) is 0 Å². The fraction of sp³-hybridized carbons (Fsp3) is 0.333. The number of benzene rings is 2. The van der Waals surface area contributed by atoms with Crippen molar-refractivity contribution >= 4 is 0 Å². The van der Waals surface area contributed by atoms with Gasteiger partial charge < -0.3 is 10.1 Å². The molecule has 1 aliphatic carbocycles. The van der Waals surface area contributed by atoms with Crippen molar-refractivity contribution in [1.82, 2.24) is 5.32 Å². The first-order chi connectivity index (χ1) is 9.85. The van der Waals surface area contributed by atoms with E-state index in [1.807, 2.05) is 0 Å². The molecule has 104 valence electrons. The van der Waals surface area contributed by atoms with Crippen molar-refractivity contribution in [3.63, 3.8) is 0 Å². The number of rotatable bonds is 4. The molecule has 0 bridgehead atoms. The molecule has 1 N–H and O–H groups in total. The SMILES string of the molecule is COc1ccc2c(c1)CC[C@@H](NCc1ccccc1)C2. The van der Waals surface area contributed by atoms with E-state index < -0.39 is 0 Å². The highest BCUT2D eigenvalue weighted by Gasteiger charge is 2.18. The summed E-state index contributed by atoms with van der Waals surface area (Å²) in [5.74, 6) is 0.972. The van der Waals surface area contributed by atoms with Crippen LogP contribution in [0.15, 0.2) is 48.5 Å². The summed E-state index contributed by atoms with van der Waals surface area (Å²) in [5.41, 5.74) is 4.26. The molecule has 0 saturated carbocycles. The molecular formula is C18H21NO. The molecule has 0 heterocycles. The largest absolute Gasteiger partial charge is 0.497 e. The summed E-state index contributed by atoms with van der Waals surface area (Å²) in [5, 5.41) is 3.68. The van der Waals surface area contributed by atoms with Crippen molar-refractivity contribution in [2.24, 2.45) is 0 Å². The molecular weight excluding hydrogens is 246 g/mol. The molecule has 0 saturated heterocycles. The van der Waals surface area contributed by atoms with Gasteiger partial charge in [0, 0.05) is 12.6 Å². The fourth-order valence-corrected chi connectivity index (χ4v) is 2.89. The summed E-state index contributed by atoms with van der Waals surface area (Å²) in [4.78, 5) is 0. The summed E-state index contributed by atoms with van der Waals surface area (Å²) in [7, 11) is 1.73. The molecule has 2 aromatic rings. The van der Waals surface area contributed by atoms with Crippen LogP contribution in [0.3, 0.4) is 0 Å². The van der Waals surface area contributed by atoms with E-state index >= 15 is 0 Å². The summed E-state index contributed by atoms with van der Waals surface area (Å²) in [6, 6.07) is 17.7. The van der Waals surface area contributed by atoms with E-state index in [4.69, 9.17) is 4.74 Å². The number of aryl methyl sites for hydroxylation is 1. The maximum atomic E-state index is 5.30. The number of ether oxygens (including phenoxy) is 1. The second kappa shape index (κ2) is 6.10. The van der Waals surface area contributed by atoms with Crippen LogP contribution in [0.5, 0.6) is 5.75 Å². The Labute approximate surface area is 120 Å². The quantitative estimate of drug-likeness (QED) is 0.917. The Kier molecular flexibility index (Phi) is 4.03. The monoisotopic (exact) mass is 267 g/mol. The number of hydrogen-bond donors (Lipinski definition) is 1. The van der Waals surface area contributed by atoms with Crippen LogP contribution >= 0.6 is 0 Å². The zero-order valence-electron chi connectivity index (χ0n) is 11.9. The van der Waals surface area contributed by atoms with Gasteiger partial charge in [-0.1, -0.05) is 36.4 Å². The van der Waals surface area contributed by atoms with E-state index in [0.29, 0.717) is 6.04 Å². The first kappa shape index (κ1) is 13.2. The van der Waals surface area contributed by atoms with Gasteiger partial charge >= 0.3 is 0 Å². The summed E-state index contributed by atoms with van der Waals surface area (Å²) < 4.78 is 5.30. The Morgan fingerprint density at radius 3 is 2.75 bits per heavy atom. The van der Waals surface area contributed by atoms with Gasteiger partial charge in [-0.15, -0.1) is 0 Å². The third-order valence-corrected chi connectivity index (χ3v) is 4.08. The number of hydrogen-bond acceptors (Lipinski definition) is 2. The molecule has 2 nitrogen and oxygen atoms in total. The lowest BCUT2D eigenvalue weighted by molar-refractivity contribution is 0.411. The van der Waals surface area contributed by atoms with Crippen molar-refractivity contribution in [3.05, 3.63) is 65.2 Å². The summed E-state index contributed by atoms with van der Waals surface area (Å²) >= 11 is 0. The minimum Gasteiger partial charge on any atom is -0.497 e. The number of fused-ring (bicyclic) bond motifs is 1. The van der Waals surface area contributed by atoms with E-state index in [1.54, 1.807) is 7.11 Å². The lowest BCUT2D eigenvalue weighted by Gasteiger charge is -2.26. The third kappa shape index (κ3) is 3.02. The van der Waals surface area contributed by atoms with Crippen molar-refractivity contribution in [2.45, 2.75) is 31.8 Å². The van der Waals surface area contributed by atoms with Crippen molar-refractivity contribution < 1.29 is 4.74 Å². The van der Waals surface area contributed by atoms with Gasteiger partial charge in [0.05, 0.1) is 7.11 Å². The van der Waals surface area contributed by atoms with E-state index in [2.05, 4.69) is 53.8 Å². The Morgan fingerprint density at radius 2 is 1.95 bits per heavy atom. The predicted molar refractivity (Wildman–Crippen MR) is 82.1 cm³/mol. The molecule has 0 fully saturated rings. The average Bonchev–Trinajstić information content (AvgIpc) is 2.53. The molecule has 0 aromatic heterocycles. The van der Waals surface area contributed by atoms with Gasteiger partial charge in [0.2, 0.25) is 0 Å². The normalized spacial score (nSPS) is 17.6. The van der Waals surface area contributed by atoms with E-state index in [-0.39, 0.29) is 0 Å². The van der Waals surface area contributed by atoms with Crippen molar-refractivity contribution in [1.29, 1.82) is 0 Å². The van der Waals surface area contributed by atoms with Crippen LogP contribution in [-0.2, 0) is 19.4 Å². The first-order valence-corrected chi connectivity index (χ1v) is 7.28. The average molecular weight is 267 g/mol. The molecule has 20 heavy (non-hydrogen) atoms. The highest BCUT2D eigenvalue weighted by molar-refractivity contribution is 5.37. The fourth-order valence-electron chi connectivity index (χ4n) is 2.89. The summed E-state index contributed by atoms with van der Waals surface area (Å²) in [6.07, 6.45) is 3.46. The topological polar surface area (TPSA) is 21.3 Å². The highest BCUT2D eigenvalue weighted by atomic mass is 16.5. The van der Waals surface area contributed by atoms with Crippen LogP contribution in [0.4, 0.5) is 0 Å². The van der Waals surface area contributed by atoms with Crippen molar-refractivity contribution in [2.75, 3.05) is 7.11 Å². The molecule has 2 aromatic carbocycles. The van der Waals surface area contributed by atoms with E-state index in [1.165, 1.54) is 23.1 Å². The van der Waals surface area contributed by atoms with Gasteiger partial charge in [-0.2, -0.15) is 0 Å². The summed E-state index contributed by atoms with van der Waals surface area (Å²) in [6.45, 7) is 0.955. The predicted octanol–water partition coefficient (Wildman–Crippen LogP) is 3.34. The highest BCUT2D eigenvalue weighted by Crippen LogP contribution is 2.25. The number of nitrogens with one attached hydrogen (secondary N) is 1. The maximum Gasteiger partial charge on any atom is 0.119 e. The molecule has 2 heteroatoms. The van der Waals surface area contributed by atoms with Gasteiger partial charge in [-0.05, 0) is 48.1 Å². The second-order valence-corrected chi connectivity index (χ2v) is 5.44. The lowest BCUT2D eigenvalue weighted by Crippen LogP contribution is -2.34. The van der Waals surface area contributed by atoms with Crippen LogP contribution in [0.25, 0.3) is 0 Å². The Morgan fingerprint density at radius 1 is 1.10 bits per heavy atom. The number of methoxy groups -OCH3 is 1. The maximum absolute atomic E-state index is 5.30. The van der Waals surface area contributed by atoms with Gasteiger partial charge in [-0.3, -0.25) is 0 Å². The van der Waals surface area contributed by atoms with Crippen LogP contribution < -0.4 is 10.1 Å². The van der Waals surface area contributed by atoms with Crippen LogP contribution in [0.1, 0.15) is 23.1 Å². The standard InChI is InChI=1S/C18H21NO/c1-20-18-10-8-15-11-17(9-7-16(15)12-18)19-13-14-5-3-2-4-6-14/h2-6,8,10,12,17,19H,7,9,11,13H2,1H3/t17-/m1/s1. The Hall–Kier alpha value is -1.80. The molecule has 1 aliphatic rings. The van der Waals surface area contributed by atoms with Crippen LogP contribution in [0, 0.1) is 0 Å². The second-order valence-electron chi connectivity index (χ2n) is 5.44. The molecule has 1 atom stereocenters. The molecule has 3 rings (SSSR count).